The van der Waals surface area contributed by atoms with Crippen LogP contribution in [0.25, 0.3) is 11.3 Å². The number of anilines is 1. The van der Waals surface area contributed by atoms with E-state index in [1.807, 2.05) is 31.4 Å². The van der Waals surface area contributed by atoms with Gasteiger partial charge >= 0.3 is 0 Å². The maximum atomic E-state index is 12.2. The van der Waals surface area contributed by atoms with Crippen molar-refractivity contribution >= 4 is 61.5 Å². The summed E-state index contributed by atoms with van der Waals surface area (Å²) in [5.74, 6) is 0.287. The molecule has 3 aromatic rings. The van der Waals surface area contributed by atoms with Crippen LogP contribution in [0.15, 0.2) is 40.2 Å². The Morgan fingerprint density at radius 1 is 1.26 bits per heavy atom. The molecule has 1 heterocycles. The highest BCUT2D eigenvalue weighted by molar-refractivity contribution is 9.10. The van der Waals surface area contributed by atoms with Crippen molar-refractivity contribution < 1.29 is 9.53 Å². The predicted molar refractivity (Wildman–Crippen MR) is 115 cm³/mol. The lowest BCUT2D eigenvalue weighted by molar-refractivity contribution is -0.118. The Morgan fingerprint density at radius 2 is 1.96 bits per heavy atom. The molecule has 1 N–H and O–H groups in total. The summed E-state index contributed by atoms with van der Waals surface area (Å²) in [7, 11) is 0. The second-order valence-corrected chi connectivity index (χ2v) is 8.29. The summed E-state index contributed by atoms with van der Waals surface area (Å²) in [5, 5.41) is 6.48. The number of rotatable bonds is 5. The van der Waals surface area contributed by atoms with Gasteiger partial charge in [0.1, 0.15) is 5.75 Å². The molecule has 0 bridgehead atoms. The molecule has 0 fully saturated rings. The molecular weight excluding hydrogens is 471 g/mol. The topological polar surface area (TPSA) is 51.2 Å². The number of halogens is 3. The van der Waals surface area contributed by atoms with Crippen molar-refractivity contribution in [3.05, 3.63) is 61.4 Å². The molecule has 3 rings (SSSR count). The second kappa shape index (κ2) is 8.61. The molecule has 8 heteroatoms. The number of nitrogens with zero attached hydrogens (tertiary/aromatic N) is 1. The van der Waals surface area contributed by atoms with Crippen LogP contribution in [0, 0.1) is 13.8 Å². The van der Waals surface area contributed by atoms with E-state index in [4.69, 9.17) is 27.9 Å². The van der Waals surface area contributed by atoms with Crippen molar-refractivity contribution in [2.45, 2.75) is 13.8 Å². The Labute approximate surface area is 179 Å². The Balaban J connectivity index is 1.63. The minimum absolute atomic E-state index is 0.130. The van der Waals surface area contributed by atoms with Gasteiger partial charge in [-0.05, 0) is 59.1 Å². The van der Waals surface area contributed by atoms with E-state index in [0.717, 1.165) is 26.9 Å². The summed E-state index contributed by atoms with van der Waals surface area (Å²) < 4.78 is 6.38. The van der Waals surface area contributed by atoms with E-state index in [9.17, 15) is 4.79 Å². The zero-order valence-corrected chi connectivity index (χ0v) is 18.4. The molecule has 140 valence electrons. The van der Waals surface area contributed by atoms with Crippen molar-refractivity contribution in [2.75, 3.05) is 11.9 Å². The number of nitrogens with one attached hydrogen (secondary N) is 1. The van der Waals surface area contributed by atoms with Crippen LogP contribution >= 0.6 is 50.5 Å². The van der Waals surface area contributed by atoms with E-state index in [2.05, 4.69) is 26.2 Å². The molecule has 0 aliphatic rings. The van der Waals surface area contributed by atoms with Gasteiger partial charge in [0.2, 0.25) is 0 Å². The molecule has 0 radical (unpaired) electrons. The first-order chi connectivity index (χ1) is 12.8. The zero-order chi connectivity index (χ0) is 19.6. The normalized spacial score (nSPS) is 10.7. The fourth-order valence-corrected chi connectivity index (χ4v) is 3.94. The predicted octanol–water partition coefficient (Wildman–Crippen LogP) is 6.51. The van der Waals surface area contributed by atoms with Gasteiger partial charge in [0, 0.05) is 21.0 Å². The number of carbonyl (C=O) groups excluding carboxylic acids is 1. The molecular formula is C19H15BrCl2N2O2S. The lowest BCUT2D eigenvalue weighted by Gasteiger charge is -2.12. The number of carbonyl (C=O) groups is 1. The highest BCUT2D eigenvalue weighted by atomic mass is 79.9. The number of benzene rings is 2. The minimum atomic E-state index is -0.288. The SMILES string of the molecule is Cc1cc(OCC(=O)Nc2nc(-c3ccc(Cl)cc3)cs2)c(Br)c(C)c1Cl. The molecule has 0 unspecified atom stereocenters. The summed E-state index contributed by atoms with van der Waals surface area (Å²) in [4.78, 5) is 16.6. The van der Waals surface area contributed by atoms with Gasteiger partial charge < -0.3 is 4.74 Å². The van der Waals surface area contributed by atoms with Crippen LogP contribution in [-0.2, 0) is 4.79 Å². The Bertz CT molecular complexity index is 990. The van der Waals surface area contributed by atoms with E-state index < -0.39 is 0 Å². The standard InChI is InChI=1S/C19H15BrCl2N2O2S/c1-10-7-15(17(20)11(2)18(10)22)26-8-16(25)24-19-23-14(9-27-19)12-3-5-13(21)6-4-12/h3-7,9H,8H2,1-2H3,(H,23,24,25). The zero-order valence-electron chi connectivity index (χ0n) is 14.5. The van der Waals surface area contributed by atoms with Gasteiger partial charge in [-0.3, -0.25) is 10.1 Å². The quantitative estimate of drug-likeness (QED) is 0.447. The Morgan fingerprint density at radius 3 is 2.67 bits per heavy atom. The minimum Gasteiger partial charge on any atom is -0.483 e. The van der Waals surface area contributed by atoms with Crippen LogP contribution in [-0.4, -0.2) is 17.5 Å². The lowest BCUT2D eigenvalue weighted by atomic mass is 10.1. The second-order valence-electron chi connectivity index (χ2n) is 5.83. The van der Waals surface area contributed by atoms with Crippen molar-refractivity contribution in [2.24, 2.45) is 0 Å². The summed E-state index contributed by atoms with van der Waals surface area (Å²) in [5.41, 5.74) is 3.47. The Kier molecular flexibility index (Phi) is 6.42. The third-order valence-corrected chi connectivity index (χ3v) is 6.39. The molecule has 0 aliphatic heterocycles. The highest BCUT2D eigenvalue weighted by Gasteiger charge is 2.13. The van der Waals surface area contributed by atoms with Gasteiger partial charge in [-0.2, -0.15) is 0 Å². The van der Waals surface area contributed by atoms with Crippen molar-refractivity contribution in [3.8, 4) is 17.0 Å². The molecule has 1 aromatic heterocycles. The molecule has 0 saturated carbocycles. The Hall–Kier alpha value is -1.60. The summed E-state index contributed by atoms with van der Waals surface area (Å²) in [6.07, 6.45) is 0. The number of thiazole rings is 1. The average Bonchev–Trinajstić information content (AvgIpc) is 3.11. The van der Waals surface area contributed by atoms with E-state index >= 15 is 0 Å². The first-order valence-corrected chi connectivity index (χ1v) is 10.4. The molecule has 0 aliphatic carbocycles. The lowest BCUT2D eigenvalue weighted by Crippen LogP contribution is -2.20. The smallest absolute Gasteiger partial charge is 0.264 e. The monoisotopic (exact) mass is 484 g/mol. The van der Waals surface area contributed by atoms with E-state index in [1.54, 1.807) is 18.2 Å². The molecule has 4 nitrogen and oxygen atoms in total. The maximum absolute atomic E-state index is 12.2. The van der Waals surface area contributed by atoms with Crippen LogP contribution in [0.3, 0.4) is 0 Å². The van der Waals surface area contributed by atoms with Crippen LogP contribution in [0.5, 0.6) is 5.75 Å². The molecule has 27 heavy (non-hydrogen) atoms. The molecule has 0 saturated heterocycles. The van der Waals surface area contributed by atoms with Crippen molar-refractivity contribution in [1.82, 2.24) is 4.98 Å². The number of aromatic nitrogens is 1. The van der Waals surface area contributed by atoms with Crippen LogP contribution in [0.2, 0.25) is 10.0 Å². The van der Waals surface area contributed by atoms with Gasteiger partial charge in [0.15, 0.2) is 11.7 Å². The molecule has 1 amide bonds. The van der Waals surface area contributed by atoms with Crippen LogP contribution in [0.1, 0.15) is 11.1 Å². The van der Waals surface area contributed by atoms with E-state index in [1.165, 1.54) is 11.3 Å². The summed E-state index contributed by atoms with van der Waals surface area (Å²) >= 11 is 16.9. The highest BCUT2D eigenvalue weighted by Crippen LogP contribution is 2.35. The number of ether oxygens (including phenoxy) is 1. The van der Waals surface area contributed by atoms with E-state index in [-0.39, 0.29) is 12.5 Å². The van der Waals surface area contributed by atoms with Gasteiger partial charge in [0.05, 0.1) is 10.2 Å². The first-order valence-electron chi connectivity index (χ1n) is 7.94. The van der Waals surface area contributed by atoms with Gasteiger partial charge in [-0.15, -0.1) is 11.3 Å². The van der Waals surface area contributed by atoms with Gasteiger partial charge in [-0.1, -0.05) is 35.3 Å². The third kappa shape index (κ3) is 4.82. The van der Waals surface area contributed by atoms with Crippen molar-refractivity contribution in [1.29, 1.82) is 0 Å². The van der Waals surface area contributed by atoms with Crippen molar-refractivity contribution in [3.63, 3.8) is 0 Å². The fourth-order valence-electron chi connectivity index (χ4n) is 2.39. The van der Waals surface area contributed by atoms with Gasteiger partial charge in [0.25, 0.3) is 5.91 Å². The number of amides is 1. The maximum Gasteiger partial charge on any atom is 0.264 e. The van der Waals surface area contributed by atoms with E-state index in [0.29, 0.717) is 20.9 Å². The van der Waals surface area contributed by atoms with Crippen LogP contribution < -0.4 is 10.1 Å². The summed E-state index contributed by atoms with van der Waals surface area (Å²) in [6.45, 7) is 3.65. The number of hydrogen-bond acceptors (Lipinski definition) is 4. The van der Waals surface area contributed by atoms with Gasteiger partial charge in [-0.25, -0.2) is 4.98 Å². The summed E-state index contributed by atoms with van der Waals surface area (Å²) in [6, 6.07) is 9.17. The number of hydrogen-bond donors (Lipinski definition) is 1. The first kappa shape index (κ1) is 20.1. The molecule has 2 aromatic carbocycles. The third-order valence-electron chi connectivity index (χ3n) is 3.82. The molecule has 0 spiro atoms. The largest absolute Gasteiger partial charge is 0.483 e. The number of aryl methyl sites for hydroxylation is 1. The van der Waals surface area contributed by atoms with Crippen LogP contribution in [0.4, 0.5) is 5.13 Å². The average molecular weight is 486 g/mol. The fraction of sp³-hybridized carbons (Fsp3) is 0.158. The molecule has 0 atom stereocenters.